The van der Waals surface area contributed by atoms with Gasteiger partial charge in [-0.25, -0.2) is 30.2 Å². The van der Waals surface area contributed by atoms with Crippen LogP contribution in [0, 0.1) is 35.8 Å². The Morgan fingerprint density at radius 2 is 0.963 bits per heavy atom. The predicted molar refractivity (Wildman–Crippen MR) is 193 cm³/mol. The van der Waals surface area contributed by atoms with Crippen molar-refractivity contribution in [2.45, 2.75) is 11.8 Å². The van der Waals surface area contributed by atoms with Crippen LogP contribution in [-0.2, 0) is 11.8 Å². The molecule has 0 atom stereocenters. The minimum Gasteiger partial charge on any atom is -0.287 e. The first-order valence-electron chi connectivity index (χ1n) is 15.7. The summed E-state index contributed by atoms with van der Waals surface area (Å²) >= 11 is 1.55. The molecule has 2 aromatic heterocycles. The average Bonchev–Trinajstić information content (AvgIpc) is 3.98. The number of nitriles is 2. The van der Waals surface area contributed by atoms with Crippen LogP contribution < -0.4 is 0 Å². The number of halogens is 4. The van der Waals surface area contributed by atoms with Crippen LogP contribution in [-0.4, -0.2) is 23.0 Å². The third kappa shape index (κ3) is 4.24. The number of carbonyl (C=O) groups excluding carboxylic acids is 2. The number of carbonyl (C=O) groups is 2. The van der Waals surface area contributed by atoms with Crippen LogP contribution >= 0.6 is 22.7 Å². The highest BCUT2D eigenvalue weighted by molar-refractivity contribution is 7.20. The zero-order chi connectivity index (χ0) is 37.8. The Labute approximate surface area is 309 Å². The number of ketones is 2. The maximum absolute atomic E-state index is 16.2. The van der Waals surface area contributed by atoms with Gasteiger partial charge < -0.3 is 0 Å². The van der Waals surface area contributed by atoms with Gasteiger partial charge >= 0.3 is 11.8 Å². The summed E-state index contributed by atoms with van der Waals surface area (Å²) in [6.45, 7) is 14.9. The highest BCUT2D eigenvalue weighted by Gasteiger charge is 2.52. The number of fused-ring (bicyclic) bond motifs is 8. The van der Waals surface area contributed by atoms with E-state index in [2.05, 4.69) is 19.7 Å². The number of hydrogen-bond acceptors (Lipinski definition) is 8. The molecule has 0 spiro atoms. The van der Waals surface area contributed by atoms with E-state index in [4.69, 9.17) is 13.1 Å². The summed E-state index contributed by atoms with van der Waals surface area (Å²) in [6, 6.07) is 20.4. The first kappa shape index (κ1) is 32.8. The van der Waals surface area contributed by atoms with Crippen molar-refractivity contribution >= 4 is 66.8 Å². The number of rotatable bonds is 2. The molecular formula is C40H12F4N6O2S2. The Balaban J connectivity index is 1.14. The molecule has 0 saturated carbocycles. The van der Waals surface area contributed by atoms with Gasteiger partial charge in [0, 0.05) is 65.4 Å². The van der Waals surface area contributed by atoms with Gasteiger partial charge in [0.1, 0.15) is 21.4 Å². The van der Waals surface area contributed by atoms with Gasteiger partial charge in [-0.2, -0.15) is 17.6 Å². The van der Waals surface area contributed by atoms with Gasteiger partial charge in [-0.05, 0) is 35.4 Å². The number of aliphatic imine (C=N–C) groups is 2. The van der Waals surface area contributed by atoms with E-state index in [1.54, 1.807) is 48.5 Å². The van der Waals surface area contributed by atoms with Crippen LogP contribution in [0.2, 0.25) is 0 Å². The summed E-state index contributed by atoms with van der Waals surface area (Å²) in [6.07, 6.45) is 0. The number of hydrogen-bond donors (Lipinski definition) is 0. The summed E-state index contributed by atoms with van der Waals surface area (Å²) in [5.41, 5.74) is -2.47. The topological polar surface area (TPSA) is 115 Å². The maximum Gasteiger partial charge on any atom is 0.300 e. The van der Waals surface area contributed by atoms with E-state index in [9.17, 15) is 20.1 Å². The second-order valence-electron chi connectivity index (χ2n) is 12.3. The Bertz CT molecular complexity index is 2760. The lowest BCUT2D eigenvalue weighted by Crippen LogP contribution is -2.13. The highest BCUT2D eigenvalue weighted by atomic mass is 32.1. The van der Waals surface area contributed by atoms with Crippen molar-refractivity contribution in [3.63, 3.8) is 0 Å². The third-order valence-corrected chi connectivity index (χ3v) is 11.7. The van der Waals surface area contributed by atoms with Crippen molar-refractivity contribution in [2.75, 3.05) is 0 Å². The summed E-state index contributed by atoms with van der Waals surface area (Å²) in [5.74, 6) is -8.45. The fourth-order valence-corrected chi connectivity index (χ4v) is 9.44. The van der Waals surface area contributed by atoms with Crippen LogP contribution in [0.4, 0.5) is 27.6 Å². The molecule has 0 unspecified atom stereocenters. The van der Waals surface area contributed by atoms with Gasteiger partial charge in [0.2, 0.25) is 11.6 Å². The molecule has 0 saturated heterocycles. The van der Waals surface area contributed by atoms with Crippen LogP contribution in [0.3, 0.4) is 0 Å². The van der Waals surface area contributed by atoms with Gasteiger partial charge in [0.05, 0.1) is 25.3 Å². The summed E-state index contributed by atoms with van der Waals surface area (Å²) in [7, 11) is 0. The highest BCUT2D eigenvalue weighted by Crippen LogP contribution is 2.62. The van der Waals surface area contributed by atoms with Crippen LogP contribution in [0.15, 0.2) is 94.2 Å². The number of thiophene rings is 2. The largest absolute Gasteiger partial charge is 0.300 e. The minimum absolute atomic E-state index is 0.00657. The molecule has 0 radical (unpaired) electrons. The van der Waals surface area contributed by atoms with Gasteiger partial charge in [-0.1, -0.05) is 48.5 Å². The first-order chi connectivity index (χ1) is 25.9. The monoisotopic (exact) mass is 748 g/mol. The van der Waals surface area contributed by atoms with Gasteiger partial charge in [0.25, 0.3) is 11.4 Å². The number of nitrogens with zero attached hydrogens (tertiary/aromatic N) is 6. The average molecular weight is 749 g/mol. The Morgan fingerprint density at radius 1 is 0.593 bits per heavy atom. The molecule has 0 bridgehead atoms. The van der Waals surface area contributed by atoms with Crippen molar-refractivity contribution in [1.29, 1.82) is 10.5 Å². The molecule has 0 amide bonds. The van der Waals surface area contributed by atoms with E-state index < -0.39 is 57.1 Å². The van der Waals surface area contributed by atoms with Gasteiger partial charge in [-0.3, -0.25) is 9.59 Å². The zero-order valence-corrected chi connectivity index (χ0v) is 28.4. The molecule has 8 nitrogen and oxygen atoms in total. The lowest BCUT2D eigenvalue weighted by molar-refractivity contribution is 0.0453. The van der Waals surface area contributed by atoms with Gasteiger partial charge in [-0.15, -0.1) is 22.7 Å². The SMILES string of the molecule is [C-]#[N+]C(C#N)=C1C(=Nc2cc3c(s2)-c2cc4c(cc2C3(F)F)-c2sc(N=C3C(=O)c5ccccc5/C3=C(/C#N)[N+]#[C-])cc2C4(F)F)C(=O)c2ccccc21. The van der Waals surface area contributed by atoms with Crippen molar-refractivity contribution in [2.24, 2.45) is 9.98 Å². The number of Topliss-reactive ketones (excluding diaryl/α,β-unsaturated/α-hetero) is 2. The molecule has 0 N–H and O–H groups in total. The molecule has 14 heteroatoms. The fourth-order valence-electron chi connectivity index (χ4n) is 7.24. The third-order valence-electron chi connectivity index (χ3n) is 9.58. The maximum atomic E-state index is 16.2. The Hall–Kier alpha value is -7.10. The van der Waals surface area contributed by atoms with E-state index in [0.29, 0.717) is 11.1 Å². The summed E-state index contributed by atoms with van der Waals surface area (Å²) < 4.78 is 64.9. The van der Waals surface area contributed by atoms with Crippen molar-refractivity contribution < 1.29 is 27.2 Å². The molecule has 4 aliphatic carbocycles. The normalized spacial score (nSPS) is 19.6. The van der Waals surface area contributed by atoms with E-state index in [-0.39, 0.29) is 64.6 Å². The number of alkyl halides is 4. The minimum atomic E-state index is -3.64. The Morgan fingerprint density at radius 3 is 1.31 bits per heavy atom. The standard InChI is InChI=1S/C40H12F4N6O2S2/c1-47-27(15-45)31-17-7-3-5-9-19(17)35(51)33(31)49-29-13-25-37(53-29)21-11-24-22(12-23(21)39(25,41)42)38-26(40(24,43)44)14-30(54-38)50-34-32(28(16-46)48-2)18-8-4-6-10-20(18)36(34)52/h3-14H/b31-27+,32-28?,49-33?,50-34?. The van der Waals surface area contributed by atoms with Crippen LogP contribution in [0.25, 0.3) is 41.7 Å². The number of benzene rings is 3. The second kappa shape index (κ2) is 11.2. The van der Waals surface area contributed by atoms with Crippen molar-refractivity contribution in [1.82, 2.24) is 0 Å². The summed E-state index contributed by atoms with van der Waals surface area (Å²) in [4.78, 5) is 41.8. The Kier molecular flexibility index (Phi) is 6.80. The van der Waals surface area contributed by atoms with Crippen LogP contribution in [0.1, 0.15) is 54.1 Å². The van der Waals surface area contributed by atoms with E-state index >= 15 is 17.6 Å². The molecule has 54 heavy (non-hydrogen) atoms. The fraction of sp³-hybridized carbons (Fsp3) is 0.0500. The molecule has 9 rings (SSSR count). The van der Waals surface area contributed by atoms with E-state index in [0.717, 1.165) is 46.9 Å². The number of allylic oxidation sites excluding steroid dienone is 4. The van der Waals surface area contributed by atoms with Crippen molar-refractivity contribution in [3.8, 4) is 33.0 Å². The lowest BCUT2D eigenvalue weighted by atomic mass is 9.99. The molecular weight excluding hydrogens is 737 g/mol. The van der Waals surface area contributed by atoms with E-state index in [1.165, 1.54) is 12.1 Å². The van der Waals surface area contributed by atoms with E-state index in [1.807, 2.05) is 0 Å². The molecule has 2 heterocycles. The quantitative estimate of drug-likeness (QED) is 0.102. The van der Waals surface area contributed by atoms with Crippen LogP contribution in [0.5, 0.6) is 0 Å². The first-order valence-corrected chi connectivity index (χ1v) is 17.3. The summed E-state index contributed by atoms with van der Waals surface area (Å²) in [5, 5.41) is 19.1. The van der Waals surface area contributed by atoms with Crippen molar-refractivity contribution in [3.05, 3.63) is 152 Å². The zero-order valence-electron chi connectivity index (χ0n) is 26.8. The molecule has 254 valence electrons. The predicted octanol–water partition coefficient (Wildman–Crippen LogP) is 10.3. The molecule has 0 aliphatic heterocycles. The molecule has 3 aromatic carbocycles. The second-order valence-corrected chi connectivity index (χ2v) is 14.4. The smallest absolute Gasteiger partial charge is 0.287 e. The molecule has 5 aromatic rings. The van der Waals surface area contributed by atoms with Gasteiger partial charge in [0.15, 0.2) is 0 Å². The molecule has 0 fully saturated rings. The molecule has 4 aliphatic rings. The lowest BCUT2D eigenvalue weighted by Gasteiger charge is -2.15.